The van der Waals surface area contributed by atoms with Crippen LogP contribution in [-0.4, -0.2) is 37.2 Å². The predicted octanol–water partition coefficient (Wildman–Crippen LogP) is 21.8. The molecule has 0 aromatic heterocycles. The van der Waals surface area contributed by atoms with E-state index < -0.39 is 6.10 Å². The van der Waals surface area contributed by atoms with Gasteiger partial charge in [0.05, 0.1) is 0 Å². The van der Waals surface area contributed by atoms with Crippen molar-refractivity contribution in [2.75, 3.05) is 13.2 Å². The van der Waals surface area contributed by atoms with Crippen LogP contribution < -0.4 is 0 Å². The second-order valence-corrected chi connectivity index (χ2v) is 20.5. The quantitative estimate of drug-likeness (QED) is 0.0261. The van der Waals surface area contributed by atoms with Gasteiger partial charge in [0.1, 0.15) is 13.2 Å². The molecule has 0 bridgehead atoms. The molecule has 0 aromatic carbocycles. The maximum Gasteiger partial charge on any atom is 0.306 e. The minimum atomic E-state index is -0.803. The van der Waals surface area contributed by atoms with Crippen molar-refractivity contribution in [3.63, 3.8) is 0 Å². The molecule has 0 radical (unpaired) electrons. The van der Waals surface area contributed by atoms with E-state index >= 15 is 0 Å². The van der Waals surface area contributed by atoms with Gasteiger partial charge in [0.25, 0.3) is 0 Å². The lowest BCUT2D eigenvalue weighted by Crippen LogP contribution is -2.30. The van der Waals surface area contributed by atoms with Gasteiger partial charge < -0.3 is 14.2 Å². The third-order valence-electron chi connectivity index (χ3n) is 13.1. The van der Waals surface area contributed by atoms with Gasteiger partial charge in [-0.3, -0.25) is 14.4 Å². The summed E-state index contributed by atoms with van der Waals surface area (Å²) >= 11 is 0. The number of esters is 3. The Morgan fingerprint density at radius 1 is 0.273 bits per heavy atom. The summed E-state index contributed by atoms with van der Waals surface area (Å²) in [7, 11) is 0. The van der Waals surface area contributed by atoms with Crippen molar-refractivity contribution >= 4 is 17.9 Å². The molecule has 0 amide bonds. The summed E-state index contributed by atoms with van der Waals surface area (Å²) in [6.45, 7) is 6.34. The summed E-state index contributed by atoms with van der Waals surface area (Å²) in [6, 6.07) is 0. The first-order valence-corrected chi connectivity index (χ1v) is 31.7. The number of unbranched alkanes of at least 4 members (excludes halogenated alkanes) is 23. The number of carbonyl (C=O) groups excluding carboxylic acids is 3. The highest BCUT2D eigenvalue weighted by Gasteiger charge is 2.19. The maximum absolute atomic E-state index is 12.9. The Bertz CT molecular complexity index is 1650. The molecule has 0 saturated carbocycles. The monoisotopic (exact) mass is 1060 g/mol. The Kier molecular flexibility index (Phi) is 60.4. The van der Waals surface area contributed by atoms with E-state index in [0.29, 0.717) is 12.8 Å². The Morgan fingerprint density at radius 2 is 0.506 bits per heavy atom. The fourth-order valence-corrected chi connectivity index (χ4v) is 8.42. The number of ether oxygens (including phenoxy) is 3. The highest BCUT2D eigenvalue weighted by molar-refractivity contribution is 5.71. The first-order chi connectivity index (χ1) is 38.0. The largest absolute Gasteiger partial charge is 0.462 e. The van der Waals surface area contributed by atoms with Crippen LogP contribution in [0.15, 0.2) is 134 Å². The van der Waals surface area contributed by atoms with Gasteiger partial charge in [-0.05, 0) is 128 Å². The summed E-state index contributed by atoms with van der Waals surface area (Å²) in [4.78, 5) is 38.2. The second-order valence-electron chi connectivity index (χ2n) is 20.5. The van der Waals surface area contributed by atoms with Gasteiger partial charge in [0.2, 0.25) is 0 Å². The first-order valence-electron chi connectivity index (χ1n) is 31.7. The SMILES string of the molecule is CC/C=C\C/C=C\C/C=C\C/C=C\C/C=C\CCCCCCCCCCCCCCCC(=O)OCC(COC(=O)CCCCCCC/C=C\CCCC)OC(=O)CCCCC/C=C\C/C=C\C/C=C\C/C=C\C/C=C\CC. The molecular formula is C71H116O6. The Morgan fingerprint density at radius 3 is 0.818 bits per heavy atom. The molecule has 1 unspecified atom stereocenters. The van der Waals surface area contributed by atoms with E-state index in [4.69, 9.17) is 14.2 Å². The van der Waals surface area contributed by atoms with Gasteiger partial charge in [-0.1, -0.05) is 264 Å². The molecule has 0 fully saturated rings. The van der Waals surface area contributed by atoms with Crippen LogP contribution in [0.5, 0.6) is 0 Å². The normalized spacial score (nSPS) is 13.0. The molecule has 77 heavy (non-hydrogen) atoms. The number of hydrogen-bond acceptors (Lipinski definition) is 6. The summed E-state index contributed by atoms with van der Waals surface area (Å²) in [5, 5.41) is 0. The molecule has 1 atom stereocenters. The number of hydrogen-bond donors (Lipinski definition) is 0. The molecule has 0 aliphatic carbocycles. The average molecular weight is 1070 g/mol. The fraction of sp³-hybridized carbons (Fsp3) is 0.648. The molecule has 0 aliphatic rings. The molecular weight excluding hydrogens is 949 g/mol. The summed E-state index contributed by atoms with van der Waals surface area (Å²) in [5.41, 5.74) is 0. The van der Waals surface area contributed by atoms with Gasteiger partial charge in [0, 0.05) is 19.3 Å². The van der Waals surface area contributed by atoms with E-state index in [1.807, 2.05) is 0 Å². The van der Waals surface area contributed by atoms with Gasteiger partial charge >= 0.3 is 17.9 Å². The Labute approximate surface area is 475 Å². The minimum absolute atomic E-state index is 0.0973. The molecule has 0 N–H and O–H groups in total. The van der Waals surface area contributed by atoms with Gasteiger partial charge in [-0.2, -0.15) is 0 Å². The zero-order chi connectivity index (χ0) is 55.7. The second kappa shape index (κ2) is 64.1. The third kappa shape index (κ3) is 62.3. The fourth-order valence-electron chi connectivity index (χ4n) is 8.42. The van der Waals surface area contributed by atoms with Crippen molar-refractivity contribution in [2.24, 2.45) is 0 Å². The molecule has 0 rings (SSSR count). The summed E-state index contributed by atoms with van der Waals surface area (Å²) in [6.07, 6.45) is 90.3. The molecule has 0 aliphatic heterocycles. The van der Waals surface area contributed by atoms with E-state index in [1.54, 1.807) is 0 Å². The summed E-state index contributed by atoms with van der Waals surface area (Å²) < 4.78 is 16.9. The topological polar surface area (TPSA) is 78.9 Å². The van der Waals surface area contributed by atoms with Crippen LogP contribution >= 0.6 is 0 Å². The molecule has 0 saturated heterocycles. The van der Waals surface area contributed by atoms with Crippen molar-refractivity contribution < 1.29 is 28.6 Å². The lowest BCUT2D eigenvalue weighted by molar-refractivity contribution is -0.167. The van der Waals surface area contributed by atoms with Crippen LogP contribution in [0.4, 0.5) is 0 Å². The standard InChI is InChI=1S/C71H116O6/c1-4-7-10-13-16-19-22-24-26-28-30-31-32-33-34-35-36-37-38-39-41-42-44-46-49-52-55-58-61-64-70(73)76-67-68(66-75-69(72)63-60-57-54-51-48-21-18-15-12-9-6-3)77-71(74)65-62-59-56-53-50-47-45-43-40-29-27-25-23-20-17-14-11-8-5-2/h7-8,10-11,15-20,24-27,30-31,33-34,40,43,47,50,68H,4-6,9,12-14,21-23,28-29,32,35-39,41-42,44-46,48-49,51-67H2,1-3H3/b10-7-,11-8-,18-15-,19-16-,20-17-,26-24-,27-25-,31-30-,34-33-,43-40-,50-47-. The van der Waals surface area contributed by atoms with Crippen LogP contribution in [0.2, 0.25) is 0 Å². The predicted molar refractivity (Wildman–Crippen MR) is 334 cm³/mol. The van der Waals surface area contributed by atoms with Crippen LogP contribution in [0.25, 0.3) is 0 Å². The van der Waals surface area contributed by atoms with Crippen molar-refractivity contribution in [3.8, 4) is 0 Å². The van der Waals surface area contributed by atoms with Crippen molar-refractivity contribution in [2.45, 2.75) is 284 Å². The lowest BCUT2D eigenvalue weighted by Gasteiger charge is -2.18. The van der Waals surface area contributed by atoms with Gasteiger partial charge in [-0.25, -0.2) is 0 Å². The van der Waals surface area contributed by atoms with Crippen LogP contribution in [-0.2, 0) is 28.6 Å². The van der Waals surface area contributed by atoms with E-state index in [0.717, 1.165) is 141 Å². The van der Waals surface area contributed by atoms with Gasteiger partial charge in [0.15, 0.2) is 6.10 Å². The molecule has 6 heteroatoms. The van der Waals surface area contributed by atoms with Crippen LogP contribution in [0.1, 0.15) is 278 Å². The third-order valence-corrected chi connectivity index (χ3v) is 13.1. The van der Waals surface area contributed by atoms with Gasteiger partial charge in [-0.15, -0.1) is 0 Å². The zero-order valence-corrected chi connectivity index (χ0v) is 49.9. The van der Waals surface area contributed by atoms with Crippen molar-refractivity contribution in [3.05, 3.63) is 134 Å². The highest BCUT2D eigenvalue weighted by atomic mass is 16.6. The Balaban J connectivity index is 4.30. The van der Waals surface area contributed by atoms with Crippen molar-refractivity contribution in [1.82, 2.24) is 0 Å². The molecule has 436 valence electrons. The van der Waals surface area contributed by atoms with Crippen molar-refractivity contribution in [1.29, 1.82) is 0 Å². The number of rotatable bonds is 56. The zero-order valence-electron chi connectivity index (χ0n) is 49.9. The highest BCUT2D eigenvalue weighted by Crippen LogP contribution is 2.15. The Hall–Kier alpha value is -4.45. The molecule has 0 heterocycles. The molecule has 6 nitrogen and oxygen atoms in total. The van der Waals surface area contributed by atoms with Crippen LogP contribution in [0.3, 0.4) is 0 Å². The number of allylic oxidation sites excluding steroid dienone is 22. The van der Waals surface area contributed by atoms with E-state index in [-0.39, 0.29) is 37.5 Å². The maximum atomic E-state index is 12.9. The summed E-state index contributed by atoms with van der Waals surface area (Å²) in [5.74, 6) is -0.940. The lowest BCUT2D eigenvalue weighted by atomic mass is 10.0. The van der Waals surface area contributed by atoms with E-state index in [2.05, 4.69) is 154 Å². The smallest absolute Gasteiger partial charge is 0.306 e. The minimum Gasteiger partial charge on any atom is -0.462 e. The average Bonchev–Trinajstić information content (AvgIpc) is 3.43. The van der Waals surface area contributed by atoms with Crippen LogP contribution in [0, 0.1) is 0 Å². The number of carbonyl (C=O) groups is 3. The van der Waals surface area contributed by atoms with E-state index in [1.165, 1.54) is 96.3 Å². The molecule has 0 aromatic rings. The van der Waals surface area contributed by atoms with E-state index in [9.17, 15) is 14.4 Å². The molecule has 0 spiro atoms. The first kappa shape index (κ1) is 72.5.